The van der Waals surface area contributed by atoms with Gasteiger partial charge in [0.15, 0.2) is 0 Å². The Hall–Kier alpha value is -2.62. The molecule has 9 nitrogen and oxygen atoms in total. The number of aromatic amines is 1. The van der Waals surface area contributed by atoms with Crippen molar-refractivity contribution in [2.45, 2.75) is 0 Å². The monoisotopic (exact) mass is 446 g/mol. The molecule has 31 heavy (non-hydrogen) atoms. The van der Waals surface area contributed by atoms with Gasteiger partial charge in [-0.05, 0) is 24.3 Å². The first-order chi connectivity index (χ1) is 15.1. The van der Waals surface area contributed by atoms with Crippen LogP contribution in [0.3, 0.4) is 0 Å². The van der Waals surface area contributed by atoms with Gasteiger partial charge in [0, 0.05) is 69.3 Å². The van der Waals surface area contributed by atoms with E-state index in [1.54, 1.807) is 0 Å². The molecule has 1 aromatic carbocycles. The molecule has 0 bridgehead atoms. The van der Waals surface area contributed by atoms with Gasteiger partial charge in [0.25, 0.3) is 11.5 Å². The summed E-state index contributed by atoms with van der Waals surface area (Å²) in [7, 11) is 0. The molecule has 2 fully saturated rings. The normalized spacial score (nSPS) is 17.6. The minimum absolute atomic E-state index is 0.0329. The summed E-state index contributed by atoms with van der Waals surface area (Å²) in [4.78, 5) is 38.5. The number of nitrogens with zero attached hydrogens (tertiary/aromatic N) is 4. The second-order valence-electron chi connectivity index (χ2n) is 7.61. The van der Waals surface area contributed by atoms with Crippen LogP contribution in [-0.2, 0) is 4.74 Å². The van der Waals surface area contributed by atoms with Crippen LogP contribution in [0.15, 0.2) is 35.3 Å². The third-order valence-electron chi connectivity index (χ3n) is 5.62. The summed E-state index contributed by atoms with van der Waals surface area (Å²) in [6.07, 6.45) is 1.36. The van der Waals surface area contributed by atoms with Crippen LogP contribution >= 0.6 is 11.6 Å². The molecule has 0 spiro atoms. The van der Waals surface area contributed by atoms with Gasteiger partial charge in [-0.3, -0.25) is 19.5 Å². The second kappa shape index (κ2) is 10.1. The van der Waals surface area contributed by atoms with E-state index >= 15 is 0 Å². The summed E-state index contributed by atoms with van der Waals surface area (Å²) in [5, 5.41) is 3.52. The fourth-order valence-corrected chi connectivity index (χ4v) is 3.91. The average molecular weight is 447 g/mol. The summed E-state index contributed by atoms with van der Waals surface area (Å²) in [5.41, 5.74) is 0.731. The number of benzene rings is 1. The number of hydrogen-bond donors (Lipinski definition) is 2. The summed E-state index contributed by atoms with van der Waals surface area (Å²) in [5.74, 6) is 0.0896. The zero-order valence-electron chi connectivity index (χ0n) is 17.3. The van der Waals surface area contributed by atoms with Gasteiger partial charge in [-0.25, -0.2) is 4.98 Å². The molecule has 0 radical (unpaired) electrons. The Morgan fingerprint density at radius 2 is 1.74 bits per heavy atom. The van der Waals surface area contributed by atoms with Crippen LogP contribution in [0.5, 0.6) is 0 Å². The number of halogens is 1. The van der Waals surface area contributed by atoms with Gasteiger partial charge < -0.3 is 19.9 Å². The predicted molar refractivity (Wildman–Crippen MR) is 120 cm³/mol. The van der Waals surface area contributed by atoms with Gasteiger partial charge in [-0.2, -0.15) is 0 Å². The number of piperazine rings is 1. The maximum Gasteiger partial charge on any atom is 0.265 e. The number of aromatic nitrogens is 2. The lowest BCUT2D eigenvalue weighted by Crippen LogP contribution is -2.47. The molecular formula is C21H27ClN6O3. The van der Waals surface area contributed by atoms with Crippen LogP contribution in [-0.4, -0.2) is 86.3 Å². The van der Waals surface area contributed by atoms with Gasteiger partial charge in [0.2, 0.25) is 5.95 Å². The maximum absolute atomic E-state index is 12.5. The first kappa shape index (κ1) is 21.6. The molecule has 4 rings (SSSR count). The van der Waals surface area contributed by atoms with Crippen LogP contribution < -0.4 is 20.7 Å². The second-order valence-corrected chi connectivity index (χ2v) is 8.05. The highest BCUT2D eigenvalue weighted by Gasteiger charge is 2.20. The van der Waals surface area contributed by atoms with E-state index in [-0.39, 0.29) is 5.56 Å². The molecule has 2 aliphatic rings. The van der Waals surface area contributed by atoms with Crippen molar-refractivity contribution in [1.29, 1.82) is 0 Å². The van der Waals surface area contributed by atoms with Crippen LogP contribution in [0.2, 0.25) is 5.02 Å². The molecule has 1 amide bonds. The highest BCUT2D eigenvalue weighted by Crippen LogP contribution is 2.20. The van der Waals surface area contributed by atoms with Crippen LogP contribution in [0.25, 0.3) is 0 Å². The Balaban J connectivity index is 1.29. The fraction of sp³-hybridized carbons (Fsp3) is 0.476. The molecule has 2 N–H and O–H groups in total. The molecule has 2 aromatic rings. The topological polar surface area (TPSA) is 93.8 Å². The molecule has 2 aliphatic heterocycles. The average Bonchev–Trinajstić information content (AvgIpc) is 2.80. The Bertz CT molecular complexity index is 937. The first-order valence-electron chi connectivity index (χ1n) is 10.5. The number of carbonyl (C=O) groups excluding carboxylic acids is 1. The SMILES string of the molecule is O=C(NCCN1CCOCC1)c1cnc(N2CCN(c3ccc(Cl)cc3)CC2)[nH]c1=O. The highest BCUT2D eigenvalue weighted by molar-refractivity contribution is 6.30. The predicted octanol–water partition coefficient (Wildman–Crippen LogP) is 0.812. The Morgan fingerprint density at radius 1 is 1.06 bits per heavy atom. The number of nitrogens with one attached hydrogen (secondary N) is 2. The van der Waals surface area contributed by atoms with E-state index < -0.39 is 11.5 Å². The summed E-state index contributed by atoms with van der Waals surface area (Å²) in [6.45, 7) is 7.40. The van der Waals surface area contributed by atoms with Gasteiger partial charge in [0.1, 0.15) is 5.56 Å². The van der Waals surface area contributed by atoms with Crippen LogP contribution in [0.1, 0.15) is 10.4 Å². The standard InChI is InChI=1S/C21H27ClN6O3/c22-16-1-3-17(4-2-16)27-7-9-28(10-8-27)21-24-15-18(20(30)25-21)19(29)23-5-6-26-11-13-31-14-12-26/h1-4,15H,5-14H2,(H,23,29)(H,24,25,30). The molecule has 0 aliphatic carbocycles. The zero-order valence-corrected chi connectivity index (χ0v) is 18.1. The van der Waals surface area contributed by atoms with Gasteiger partial charge in [0.05, 0.1) is 13.2 Å². The van der Waals surface area contributed by atoms with Crippen molar-refractivity contribution in [3.05, 3.63) is 51.4 Å². The summed E-state index contributed by atoms with van der Waals surface area (Å²) >= 11 is 5.96. The van der Waals surface area contributed by atoms with E-state index in [4.69, 9.17) is 16.3 Å². The van der Waals surface area contributed by atoms with E-state index in [9.17, 15) is 9.59 Å². The number of carbonyl (C=O) groups is 1. The first-order valence-corrected chi connectivity index (χ1v) is 10.9. The molecule has 3 heterocycles. The molecular weight excluding hydrogens is 420 g/mol. The number of morpholine rings is 1. The van der Waals surface area contributed by atoms with Crippen molar-refractivity contribution in [3.63, 3.8) is 0 Å². The number of rotatable bonds is 6. The number of hydrogen-bond acceptors (Lipinski definition) is 7. The quantitative estimate of drug-likeness (QED) is 0.678. The summed E-state index contributed by atoms with van der Waals surface area (Å²) in [6, 6.07) is 7.77. The number of amides is 1. The minimum Gasteiger partial charge on any atom is -0.379 e. The van der Waals surface area contributed by atoms with Crippen molar-refractivity contribution in [3.8, 4) is 0 Å². The Kier molecular flexibility index (Phi) is 7.06. The Morgan fingerprint density at radius 3 is 2.42 bits per heavy atom. The molecule has 0 saturated carbocycles. The van der Waals surface area contributed by atoms with Crippen molar-refractivity contribution < 1.29 is 9.53 Å². The van der Waals surface area contributed by atoms with Crippen LogP contribution in [0, 0.1) is 0 Å². The largest absolute Gasteiger partial charge is 0.379 e. The van der Waals surface area contributed by atoms with Crippen molar-refractivity contribution in [1.82, 2.24) is 20.2 Å². The van der Waals surface area contributed by atoms with Crippen molar-refractivity contribution >= 4 is 29.1 Å². The third kappa shape index (κ3) is 5.55. The molecule has 166 valence electrons. The van der Waals surface area contributed by atoms with Crippen molar-refractivity contribution in [2.75, 3.05) is 75.4 Å². The highest BCUT2D eigenvalue weighted by atomic mass is 35.5. The molecule has 0 atom stereocenters. The maximum atomic E-state index is 12.5. The molecule has 1 aromatic heterocycles. The smallest absolute Gasteiger partial charge is 0.265 e. The number of ether oxygens (including phenoxy) is 1. The van der Waals surface area contributed by atoms with E-state index in [1.807, 2.05) is 29.2 Å². The van der Waals surface area contributed by atoms with E-state index in [0.29, 0.717) is 25.7 Å². The number of H-pyrrole nitrogens is 1. The zero-order chi connectivity index (χ0) is 21.6. The van der Waals surface area contributed by atoms with E-state index in [0.717, 1.165) is 56.5 Å². The molecule has 0 unspecified atom stereocenters. The fourth-order valence-electron chi connectivity index (χ4n) is 3.78. The van der Waals surface area contributed by atoms with Gasteiger partial charge in [-0.15, -0.1) is 0 Å². The van der Waals surface area contributed by atoms with Crippen LogP contribution in [0.4, 0.5) is 11.6 Å². The van der Waals surface area contributed by atoms with Gasteiger partial charge in [-0.1, -0.05) is 11.6 Å². The van der Waals surface area contributed by atoms with E-state index in [2.05, 4.69) is 25.1 Å². The third-order valence-corrected chi connectivity index (χ3v) is 5.87. The van der Waals surface area contributed by atoms with E-state index in [1.165, 1.54) is 6.20 Å². The number of anilines is 2. The minimum atomic E-state index is -0.422. The van der Waals surface area contributed by atoms with Crippen molar-refractivity contribution in [2.24, 2.45) is 0 Å². The Labute approximate surface area is 185 Å². The molecule has 10 heteroatoms. The van der Waals surface area contributed by atoms with Gasteiger partial charge >= 0.3 is 0 Å². The lowest BCUT2D eigenvalue weighted by atomic mass is 10.2. The molecule has 2 saturated heterocycles. The lowest BCUT2D eigenvalue weighted by Gasteiger charge is -2.36. The lowest BCUT2D eigenvalue weighted by molar-refractivity contribution is 0.0383. The summed E-state index contributed by atoms with van der Waals surface area (Å²) < 4.78 is 5.31.